The number of aliphatic carboxylic acids is 1. The van der Waals surface area contributed by atoms with Crippen molar-refractivity contribution in [2.75, 3.05) is 19.7 Å². The molecule has 0 spiro atoms. The van der Waals surface area contributed by atoms with Crippen LogP contribution in [0.4, 0.5) is 0 Å². The number of amides is 1. The lowest BCUT2D eigenvalue weighted by atomic mass is 9.90. The summed E-state index contributed by atoms with van der Waals surface area (Å²) in [5, 5.41) is 9.04. The number of likely N-dealkylation sites (tertiary alicyclic amines) is 1. The van der Waals surface area contributed by atoms with Gasteiger partial charge in [0.05, 0.1) is 25.0 Å². The zero-order valence-electron chi connectivity index (χ0n) is 11.4. The van der Waals surface area contributed by atoms with Crippen molar-refractivity contribution in [3.63, 3.8) is 0 Å². The van der Waals surface area contributed by atoms with Crippen LogP contribution in [0.1, 0.15) is 33.6 Å². The molecule has 1 heterocycles. The van der Waals surface area contributed by atoms with E-state index in [-0.39, 0.29) is 17.9 Å². The first-order chi connectivity index (χ1) is 8.40. The van der Waals surface area contributed by atoms with E-state index in [2.05, 4.69) is 0 Å². The molecule has 5 nitrogen and oxygen atoms in total. The third kappa shape index (κ3) is 4.64. The van der Waals surface area contributed by atoms with E-state index in [1.54, 1.807) is 4.90 Å². The first-order valence-corrected chi connectivity index (χ1v) is 6.52. The molecule has 2 unspecified atom stereocenters. The third-order valence-electron chi connectivity index (χ3n) is 3.13. The van der Waals surface area contributed by atoms with Crippen molar-refractivity contribution in [2.24, 2.45) is 11.8 Å². The van der Waals surface area contributed by atoms with Gasteiger partial charge in [-0.05, 0) is 26.2 Å². The van der Waals surface area contributed by atoms with E-state index < -0.39 is 11.9 Å². The SMILES string of the molecule is CC1CC(C(=O)O)CN(C(=O)CCOC(C)C)C1. The maximum absolute atomic E-state index is 11.9. The highest BCUT2D eigenvalue weighted by Crippen LogP contribution is 2.22. The molecule has 104 valence electrons. The summed E-state index contributed by atoms with van der Waals surface area (Å²) < 4.78 is 5.34. The number of carboxylic acids is 1. The van der Waals surface area contributed by atoms with Crippen molar-refractivity contribution in [3.05, 3.63) is 0 Å². The standard InChI is InChI=1S/C13H23NO4/c1-9(2)18-5-4-12(15)14-7-10(3)6-11(8-14)13(16)17/h9-11H,4-8H2,1-3H3,(H,16,17). The largest absolute Gasteiger partial charge is 0.481 e. The molecule has 0 aromatic rings. The van der Waals surface area contributed by atoms with Gasteiger partial charge < -0.3 is 14.7 Å². The van der Waals surface area contributed by atoms with E-state index in [4.69, 9.17) is 9.84 Å². The lowest BCUT2D eigenvalue weighted by Crippen LogP contribution is -2.45. The molecule has 5 heteroatoms. The summed E-state index contributed by atoms with van der Waals surface area (Å²) in [6, 6.07) is 0. The zero-order chi connectivity index (χ0) is 13.7. The maximum atomic E-state index is 11.9. The van der Waals surface area contributed by atoms with E-state index in [1.807, 2.05) is 20.8 Å². The molecule has 1 aliphatic heterocycles. The number of piperidine rings is 1. The van der Waals surface area contributed by atoms with Gasteiger partial charge in [-0.15, -0.1) is 0 Å². The number of hydrogen-bond donors (Lipinski definition) is 1. The van der Waals surface area contributed by atoms with Crippen LogP contribution < -0.4 is 0 Å². The maximum Gasteiger partial charge on any atom is 0.308 e. The quantitative estimate of drug-likeness (QED) is 0.807. The fraction of sp³-hybridized carbons (Fsp3) is 0.846. The van der Waals surface area contributed by atoms with Crippen molar-refractivity contribution < 1.29 is 19.4 Å². The minimum atomic E-state index is -0.808. The fourth-order valence-corrected chi connectivity index (χ4v) is 2.27. The Kier molecular flexibility index (Phi) is 5.59. The summed E-state index contributed by atoms with van der Waals surface area (Å²) in [5.41, 5.74) is 0. The molecule has 1 fully saturated rings. The van der Waals surface area contributed by atoms with Crippen LogP contribution in [0.3, 0.4) is 0 Å². The van der Waals surface area contributed by atoms with Crippen LogP contribution in [-0.2, 0) is 14.3 Å². The number of carboxylic acid groups (broad SMARTS) is 1. The molecule has 1 aliphatic rings. The third-order valence-corrected chi connectivity index (χ3v) is 3.13. The summed E-state index contributed by atoms with van der Waals surface area (Å²) in [5.74, 6) is -0.996. The molecule has 1 amide bonds. The fourth-order valence-electron chi connectivity index (χ4n) is 2.27. The van der Waals surface area contributed by atoms with E-state index in [0.717, 1.165) is 0 Å². The second-order valence-electron chi connectivity index (χ2n) is 5.34. The Morgan fingerprint density at radius 2 is 2.06 bits per heavy atom. The summed E-state index contributed by atoms with van der Waals surface area (Å²) in [6.07, 6.45) is 1.10. The number of carbonyl (C=O) groups excluding carboxylic acids is 1. The molecule has 0 aromatic heterocycles. The van der Waals surface area contributed by atoms with Crippen molar-refractivity contribution in [2.45, 2.75) is 39.7 Å². The summed E-state index contributed by atoms with van der Waals surface area (Å²) in [4.78, 5) is 24.6. The summed E-state index contributed by atoms with van der Waals surface area (Å²) in [6.45, 7) is 7.23. The smallest absolute Gasteiger partial charge is 0.308 e. The Morgan fingerprint density at radius 1 is 1.39 bits per heavy atom. The predicted molar refractivity (Wildman–Crippen MR) is 67.2 cm³/mol. The Balaban J connectivity index is 2.44. The summed E-state index contributed by atoms with van der Waals surface area (Å²) in [7, 11) is 0. The molecular weight excluding hydrogens is 234 g/mol. The number of carbonyl (C=O) groups is 2. The van der Waals surface area contributed by atoms with Crippen molar-refractivity contribution in [1.29, 1.82) is 0 Å². The molecule has 0 saturated carbocycles. The van der Waals surface area contributed by atoms with Gasteiger partial charge in [-0.2, -0.15) is 0 Å². The van der Waals surface area contributed by atoms with Crippen molar-refractivity contribution in [1.82, 2.24) is 4.90 Å². The topological polar surface area (TPSA) is 66.8 Å². The van der Waals surface area contributed by atoms with Crippen LogP contribution in [0.2, 0.25) is 0 Å². The predicted octanol–water partition coefficient (Wildman–Crippen LogP) is 1.37. The Hall–Kier alpha value is -1.10. The van der Waals surface area contributed by atoms with Crippen LogP contribution in [0.25, 0.3) is 0 Å². The molecule has 0 aliphatic carbocycles. The highest BCUT2D eigenvalue weighted by Gasteiger charge is 2.31. The average molecular weight is 257 g/mol. The minimum absolute atomic E-state index is 0.00606. The van der Waals surface area contributed by atoms with Gasteiger partial charge >= 0.3 is 5.97 Å². The van der Waals surface area contributed by atoms with Gasteiger partial charge in [0.25, 0.3) is 0 Å². The van der Waals surface area contributed by atoms with Crippen molar-refractivity contribution >= 4 is 11.9 Å². The van der Waals surface area contributed by atoms with Gasteiger partial charge in [0, 0.05) is 13.1 Å². The molecule has 1 saturated heterocycles. The molecular formula is C13H23NO4. The number of nitrogens with zero attached hydrogens (tertiary/aromatic N) is 1. The van der Waals surface area contributed by atoms with Crippen molar-refractivity contribution in [3.8, 4) is 0 Å². The lowest BCUT2D eigenvalue weighted by Gasteiger charge is -2.34. The van der Waals surface area contributed by atoms with Crippen LogP contribution in [0, 0.1) is 11.8 Å². The average Bonchev–Trinajstić information content (AvgIpc) is 2.27. The Bertz CT molecular complexity index is 303. The van der Waals surface area contributed by atoms with Crippen LogP contribution in [0.5, 0.6) is 0 Å². The Morgan fingerprint density at radius 3 is 2.61 bits per heavy atom. The Labute approximate surface area is 108 Å². The van der Waals surface area contributed by atoms with Crippen LogP contribution in [-0.4, -0.2) is 47.7 Å². The van der Waals surface area contributed by atoms with Gasteiger partial charge in [0.15, 0.2) is 0 Å². The van der Waals surface area contributed by atoms with E-state index in [9.17, 15) is 9.59 Å². The lowest BCUT2D eigenvalue weighted by molar-refractivity contribution is -0.147. The molecule has 0 bridgehead atoms. The normalized spacial score (nSPS) is 24.3. The summed E-state index contributed by atoms with van der Waals surface area (Å²) >= 11 is 0. The van der Waals surface area contributed by atoms with Crippen LogP contribution >= 0.6 is 0 Å². The highest BCUT2D eigenvalue weighted by molar-refractivity contribution is 5.78. The van der Waals surface area contributed by atoms with Gasteiger partial charge in [-0.25, -0.2) is 0 Å². The van der Waals surface area contributed by atoms with Crippen LogP contribution in [0.15, 0.2) is 0 Å². The molecule has 2 atom stereocenters. The highest BCUT2D eigenvalue weighted by atomic mass is 16.5. The number of ether oxygens (including phenoxy) is 1. The van der Waals surface area contributed by atoms with Gasteiger partial charge in [0.1, 0.15) is 0 Å². The molecule has 0 aromatic carbocycles. The number of rotatable bonds is 5. The molecule has 1 rings (SSSR count). The second kappa shape index (κ2) is 6.73. The zero-order valence-corrected chi connectivity index (χ0v) is 11.4. The number of hydrogen-bond acceptors (Lipinski definition) is 3. The monoisotopic (exact) mass is 257 g/mol. The molecule has 1 N–H and O–H groups in total. The first-order valence-electron chi connectivity index (χ1n) is 6.52. The minimum Gasteiger partial charge on any atom is -0.481 e. The first kappa shape index (κ1) is 15.0. The van der Waals surface area contributed by atoms with Gasteiger partial charge in [-0.1, -0.05) is 6.92 Å². The van der Waals surface area contributed by atoms with Gasteiger partial charge in [0.2, 0.25) is 5.91 Å². The van der Waals surface area contributed by atoms with E-state index in [0.29, 0.717) is 32.5 Å². The van der Waals surface area contributed by atoms with E-state index >= 15 is 0 Å². The van der Waals surface area contributed by atoms with Gasteiger partial charge in [-0.3, -0.25) is 9.59 Å². The van der Waals surface area contributed by atoms with E-state index in [1.165, 1.54) is 0 Å². The second-order valence-corrected chi connectivity index (χ2v) is 5.34. The molecule has 18 heavy (non-hydrogen) atoms. The molecule has 0 radical (unpaired) electrons.